The van der Waals surface area contributed by atoms with Gasteiger partial charge in [0.15, 0.2) is 5.96 Å². The molecule has 1 saturated carbocycles. The summed E-state index contributed by atoms with van der Waals surface area (Å²) >= 11 is 0. The molecule has 28 heavy (non-hydrogen) atoms. The van der Waals surface area contributed by atoms with Crippen molar-refractivity contribution in [3.63, 3.8) is 0 Å². The van der Waals surface area contributed by atoms with Crippen molar-refractivity contribution in [2.75, 3.05) is 34.8 Å². The number of ether oxygens (including phenoxy) is 1. The van der Waals surface area contributed by atoms with Crippen LogP contribution in [0.2, 0.25) is 0 Å². The van der Waals surface area contributed by atoms with Crippen LogP contribution in [0.5, 0.6) is 0 Å². The van der Waals surface area contributed by atoms with Crippen molar-refractivity contribution in [2.24, 2.45) is 10.4 Å². The quantitative estimate of drug-likeness (QED) is 0.357. The van der Waals surface area contributed by atoms with Gasteiger partial charge in [-0.3, -0.25) is 9.79 Å². The number of nitrogens with one attached hydrogen (secondary N) is 2. The van der Waals surface area contributed by atoms with Gasteiger partial charge in [-0.15, -0.1) is 24.0 Å². The van der Waals surface area contributed by atoms with Crippen LogP contribution in [0.25, 0.3) is 0 Å². The summed E-state index contributed by atoms with van der Waals surface area (Å²) in [5.41, 5.74) is 1.76. The molecule has 0 aliphatic heterocycles. The molecule has 2 N–H and O–H groups in total. The minimum atomic E-state index is -0.108. The number of hydrogen-bond donors (Lipinski definition) is 2. The number of benzene rings is 1. The lowest BCUT2D eigenvalue weighted by atomic mass is 9.56. The number of halogens is 1. The molecule has 1 aliphatic carbocycles. The maximum Gasteiger partial charge on any atom is 0.253 e. The average molecular weight is 502 g/mol. The number of nitrogens with zero attached hydrogens (tertiary/aromatic N) is 2. The molecule has 0 bridgehead atoms. The van der Waals surface area contributed by atoms with Crippen molar-refractivity contribution in [3.05, 3.63) is 35.4 Å². The van der Waals surface area contributed by atoms with E-state index in [1.165, 1.54) is 0 Å². The van der Waals surface area contributed by atoms with Crippen LogP contribution in [0.15, 0.2) is 29.3 Å². The largest absolute Gasteiger partial charge is 0.378 e. The van der Waals surface area contributed by atoms with E-state index in [9.17, 15) is 4.79 Å². The van der Waals surface area contributed by atoms with Crippen molar-refractivity contribution in [1.82, 2.24) is 15.5 Å². The molecule has 0 radical (unpaired) electrons. The first-order chi connectivity index (χ1) is 12.6. The van der Waals surface area contributed by atoms with E-state index in [4.69, 9.17) is 4.74 Å². The summed E-state index contributed by atoms with van der Waals surface area (Å²) in [5, 5.41) is 6.89. The van der Waals surface area contributed by atoms with Crippen molar-refractivity contribution >= 4 is 35.8 Å². The highest BCUT2D eigenvalue weighted by molar-refractivity contribution is 14.0. The highest BCUT2D eigenvalue weighted by atomic mass is 127. The Morgan fingerprint density at radius 2 is 2.00 bits per heavy atom. The maximum absolute atomic E-state index is 12.1. The highest BCUT2D eigenvalue weighted by Crippen LogP contribution is 2.51. The molecule has 2 atom stereocenters. The van der Waals surface area contributed by atoms with Crippen LogP contribution in [0.3, 0.4) is 0 Å². The summed E-state index contributed by atoms with van der Waals surface area (Å²) in [4.78, 5) is 18.0. The minimum Gasteiger partial charge on any atom is -0.378 e. The predicted molar refractivity (Wildman–Crippen MR) is 126 cm³/mol. The van der Waals surface area contributed by atoms with E-state index >= 15 is 0 Å². The first-order valence-electron chi connectivity index (χ1n) is 9.47. The lowest BCUT2D eigenvalue weighted by molar-refractivity contribution is -0.176. The van der Waals surface area contributed by atoms with Gasteiger partial charge in [-0.05, 0) is 37.5 Å². The summed E-state index contributed by atoms with van der Waals surface area (Å²) in [6.07, 6.45) is 1.77. The number of carbonyl (C=O) groups is 1. The van der Waals surface area contributed by atoms with E-state index in [1.807, 2.05) is 24.3 Å². The molecule has 1 aromatic carbocycles. The number of amides is 1. The third-order valence-corrected chi connectivity index (χ3v) is 6.10. The fourth-order valence-corrected chi connectivity index (χ4v) is 3.53. The van der Waals surface area contributed by atoms with E-state index < -0.39 is 0 Å². The summed E-state index contributed by atoms with van der Waals surface area (Å²) in [6.45, 7) is 7.34. The Labute approximate surface area is 186 Å². The van der Waals surface area contributed by atoms with E-state index in [0.717, 1.165) is 36.5 Å². The number of rotatable bonds is 6. The van der Waals surface area contributed by atoms with Gasteiger partial charge in [0, 0.05) is 51.8 Å². The number of guanidine groups is 1. The zero-order chi connectivity index (χ0) is 20.2. The maximum atomic E-state index is 12.1. The molecule has 0 heterocycles. The van der Waals surface area contributed by atoms with Crippen molar-refractivity contribution in [3.8, 4) is 0 Å². The molecular weight excluding hydrogens is 467 g/mol. The third kappa shape index (κ3) is 5.17. The summed E-state index contributed by atoms with van der Waals surface area (Å²) in [6, 6.07) is 8.10. The second-order valence-electron chi connectivity index (χ2n) is 8.21. The van der Waals surface area contributed by atoms with E-state index in [-0.39, 0.29) is 40.9 Å². The Kier molecular flexibility index (Phi) is 8.74. The minimum absolute atomic E-state index is 0. The van der Waals surface area contributed by atoms with Crippen LogP contribution in [0.1, 0.15) is 43.1 Å². The van der Waals surface area contributed by atoms with Crippen LogP contribution >= 0.6 is 24.0 Å². The molecule has 1 fully saturated rings. The molecule has 0 saturated heterocycles. The molecule has 1 aliphatic rings. The van der Waals surface area contributed by atoms with Gasteiger partial charge in [0.25, 0.3) is 5.91 Å². The molecule has 1 aromatic rings. The van der Waals surface area contributed by atoms with E-state index in [2.05, 4.69) is 36.4 Å². The standard InChI is InChI=1S/C21H34N4O2.HI/c1-20(2)17(14-21(20,3)27-7)24-19(22-4)23-12-11-15-9-8-10-16(13-15)18(26)25(5)6;/h8-10,13,17H,11-12,14H2,1-7H3,(H2,22,23,24);1H. The summed E-state index contributed by atoms with van der Waals surface area (Å²) in [7, 11) is 7.10. The summed E-state index contributed by atoms with van der Waals surface area (Å²) in [5.74, 6) is 0.822. The van der Waals surface area contributed by atoms with Crippen LogP contribution in [-0.4, -0.2) is 63.2 Å². The Hall–Kier alpha value is -1.35. The fourth-order valence-electron chi connectivity index (χ4n) is 3.53. The van der Waals surface area contributed by atoms with Gasteiger partial charge in [-0.2, -0.15) is 0 Å². The van der Waals surface area contributed by atoms with Gasteiger partial charge < -0.3 is 20.3 Å². The smallest absolute Gasteiger partial charge is 0.253 e. The summed E-state index contributed by atoms with van der Waals surface area (Å²) < 4.78 is 5.69. The van der Waals surface area contributed by atoms with Gasteiger partial charge >= 0.3 is 0 Å². The van der Waals surface area contributed by atoms with Gasteiger partial charge in [0.2, 0.25) is 0 Å². The van der Waals surface area contributed by atoms with Crippen molar-refractivity contribution in [2.45, 2.75) is 45.3 Å². The normalized spacial score (nSPS) is 23.2. The first kappa shape index (κ1) is 24.7. The molecular formula is C21H35IN4O2. The van der Waals surface area contributed by atoms with Gasteiger partial charge in [-0.25, -0.2) is 0 Å². The monoisotopic (exact) mass is 502 g/mol. The number of carbonyl (C=O) groups excluding carboxylic acids is 1. The van der Waals surface area contributed by atoms with E-state index in [1.54, 1.807) is 33.2 Å². The van der Waals surface area contributed by atoms with Crippen LogP contribution in [-0.2, 0) is 11.2 Å². The second-order valence-corrected chi connectivity index (χ2v) is 8.21. The Bertz CT molecular complexity index is 705. The Balaban J connectivity index is 0.00000392. The zero-order valence-corrected chi connectivity index (χ0v) is 20.5. The topological polar surface area (TPSA) is 66.0 Å². The van der Waals surface area contributed by atoms with Gasteiger partial charge in [0.1, 0.15) is 0 Å². The number of aliphatic imine (C=N–C) groups is 1. The molecule has 1 amide bonds. The molecule has 158 valence electrons. The molecule has 0 aromatic heterocycles. The molecule has 7 heteroatoms. The fraction of sp³-hybridized carbons (Fsp3) is 0.619. The van der Waals surface area contributed by atoms with Crippen molar-refractivity contribution < 1.29 is 9.53 Å². The van der Waals surface area contributed by atoms with Crippen LogP contribution < -0.4 is 10.6 Å². The second kappa shape index (κ2) is 9.91. The number of hydrogen-bond acceptors (Lipinski definition) is 3. The molecule has 0 spiro atoms. The van der Waals surface area contributed by atoms with E-state index in [0.29, 0.717) is 6.04 Å². The Morgan fingerprint density at radius 1 is 1.32 bits per heavy atom. The zero-order valence-electron chi connectivity index (χ0n) is 18.1. The lowest BCUT2D eigenvalue weighted by Crippen LogP contribution is -2.69. The first-order valence-corrected chi connectivity index (χ1v) is 9.47. The van der Waals surface area contributed by atoms with Crippen LogP contribution in [0.4, 0.5) is 0 Å². The SMILES string of the molecule is CN=C(NCCc1cccc(C(=O)N(C)C)c1)NC1CC(C)(OC)C1(C)C.I. The average Bonchev–Trinajstić information content (AvgIpc) is 2.65. The molecule has 2 unspecified atom stereocenters. The molecule has 6 nitrogen and oxygen atoms in total. The number of methoxy groups -OCH3 is 1. The predicted octanol–water partition coefficient (Wildman–Crippen LogP) is 2.92. The highest BCUT2D eigenvalue weighted by Gasteiger charge is 2.58. The third-order valence-electron chi connectivity index (χ3n) is 6.10. The lowest BCUT2D eigenvalue weighted by Gasteiger charge is -2.59. The van der Waals surface area contributed by atoms with Gasteiger partial charge in [0.05, 0.1) is 5.60 Å². The molecule has 2 rings (SSSR count). The van der Waals surface area contributed by atoms with Crippen molar-refractivity contribution in [1.29, 1.82) is 0 Å². The Morgan fingerprint density at radius 3 is 2.54 bits per heavy atom. The van der Waals surface area contributed by atoms with Gasteiger partial charge in [-0.1, -0.05) is 26.0 Å². The van der Waals surface area contributed by atoms with Crippen LogP contribution in [0, 0.1) is 5.41 Å².